The summed E-state index contributed by atoms with van der Waals surface area (Å²) in [4.78, 5) is 28.3. The molecule has 1 unspecified atom stereocenters. The van der Waals surface area contributed by atoms with Crippen LogP contribution in [0, 0.1) is 12.3 Å². The van der Waals surface area contributed by atoms with E-state index in [0.29, 0.717) is 58.9 Å². The Morgan fingerprint density at radius 3 is 2.69 bits per heavy atom. The van der Waals surface area contributed by atoms with Gasteiger partial charge in [-0.1, -0.05) is 41.3 Å². The van der Waals surface area contributed by atoms with Gasteiger partial charge in [0.15, 0.2) is 0 Å². The van der Waals surface area contributed by atoms with E-state index >= 15 is 0 Å². The third kappa shape index (κ3) is 6.92. The van der Waals surface area contributed by atoms with Crippen LogP contribution in [0.3, 0.4) is 0 Å². The fourth-order valence-corrected chi connectivity index (χ4v) is 4.89. The van der Waals surface area contributed by atoms with Crippen molar-refractivity contribution < 1.29 is 19.1 Å². The maximum Gasteiger partial charge on any atom is 0.262 e. The summed E-state index contributed by atoms with van der Waals surface area (Å²) in [5.74, 6) is 2.29. The van der Waals surface area contributed by atoms with Crippen LogP contribution in [0.2, 0.25) is 10.0 Å². The van der Waals surface area contributed by atoms with Gasteiger partial charge in [-0.05, 0) is 55.3 Å². The molecule has 0 fully saturated rings. The van der Waals surface area contributed by atoms with Crippen molar-refractivity contribution >= 4 is 46.4 Å². The first-order valence-electron chi connectivity index (χ1n) is 12.5. The number of halogens is 2. The molecule has 0 saturated heterocycles. The molecule has 0 aromatic heterocycles. The molecule has 1 atom stereocenters. The zero-order chi connectivity index (χ0) is 27.8. The highest BCUT2D eigenvalue weighted by atomic mass is 35.5. The molecule has 0 radical (unpaired) electrons. The number of ether oxygens (including phenoxy) is 2. The van der Waals surface area contributed by atoms with Gasteiger partial charge < -0.3 is 25.0 Å². The van der Waals surface area contributed by atoms with Gasteiger partial charge in [0.05, 0.1) is 42.5 Å². The van der Waals surface area contributed by atoms with E-state index in [4.69, 9.17) is 39.1 Å². The number of benzene rings is 3. The molecule has 0 aliphatic carbocycles. The van der Waals surface area contributed by atoms with Gasteiger partial charge in [-0.3, -0.25) is 9.59 Å². The summed E-state index contributed by atoms with van der Waals surface area (Å²) in [6.45, 7) is 2.07. The van der Waals surface area contributed by atoms with Crippen molar-refractivity contribution in [3.63, 3.8) is 0 Å². The second-order valence-corrected chi connectivity index (χ2v) is 9.74. The Kier molecular flexibility index (Phi) is 9.85. The summed E-state index contributed by atoms with van der Waals surface area (Å²) >= 11 is 12.5. The molecule has 1 aliphatic rings. The lowest BCUT2D eigenvalue weighted by Crippen LogP contribution is -2.32. The Morgan fingerprint density at radius 2 is 1.92 bits per heavy atom. The van der Waals surface area contributed by atoms with Crippen molar-refractivity contribution in [1.82, 2.24) is 5.32 Å². The lowest BCUT2D eigenvalue weighted by Gasteiger charge is -2.25. The van der Waals surface area contributed by atoms with E-state index in [2.05, 4.69) is 16.6 Å². The summed E-state index contributed by atoms with van der Waals surface area (Å²) in [6.07, 6.45) is 6.54. The van der Waals surface area contributed by atoms with Crippen LogP contribution in [0.1, 0.15) is 45.2 Å². The molecular weight excluding hydrogens is 537 g/mol. The fraction of sp³-hybridized carbons (Fsp3) is 0.267. The second-order valence-electron chi connectivity index (χ2n) is 8.89. The Morgan fingerprint density at radius 1 is 1.10 bits per heavy atom. The van der Waals surface area contributed by atoms with Gasteiger partial charge in [-0.25, -0.2) is 0 Å². The summed E-state index contributed by atoms with van der Waals surface area (Å²) in [5.41, 5.74) is 2.78. The Bertz CT molecular complexity index is 1390. The van der Waals surface area contributed by atoms with E-state index in [-0.39, 0.29) is 17.9 Å². The molecule has 0 bridgehead atoms. The highest BCUT2D eigenvalue weighted by Gasteiger charge is 2.29. The number of methoxy groups -OCH3 is 1. The van der Waals surface area contributed by atoms with Crippen LogP contribution in [0.25, 0.3) is 0 Å². The molecule has 1 aliphatic heterocycles. The molecule has 0 spiro atoms. The number of fused-ring (bicyclic) bond motifs is 1. The van der Waals surface area contributed by atoms with E-state index in [1.807, 2.05) is 12.1 Å². The first kappa shape index (κ1) is 28.5. The number of amides is 2. The molecule has 1 heterocycles. The minimum atomic E-state index is -0.361. The number of anilines is 2. The quantitative estimate of drug-likeness (QED) is 0.246. The summed E-state index contributed by atoms with van der Waals surface area (Å²) in [5, 5.41) is 6.85. The zero-order valence-electron chi connectivity index (χ0n) is 21.5. The Hall–Kier alpha value is -3.54. The summed E-state index contributed by atoms with van der Waals surface area (Å²) in [6, 6.07) is 17.2. The predicted octanol–water partition coefficient (Wildman–Crippen LogP) is 5.98. The van der Waals surface area contributed by atoms with Gasteiger partial charge in [-0.15, -0.1) is 6.42 Å². The van der Waals surface area contributed by atoms with E-state index in [1.54, 1.807) is 53.4 Å². The number of terminal acetylenes is 1. The summed E-state index contributed by atoms with van der Waals surface area (Å²) < 4.78 is 11.7. The molecule has 3 aromatic rings. The highest BCUT2D eigenvalue weighted by molar-refractivity contribution is 6.34. The lowest BCUT2D eigenvalue weighted by molar-refractivity contribution is 0.0497. The SMILES string of the molecule is C#CCNCCOC1CCCN(C(=O)c2ccc(NC(=O)c3ccccc3Cl)cc2OC)c2ccc(Cl)cc21. The number of rotatable bonds is 9. The second kappa shape index (κ2) is 13.5. The van der Waals surface area contributed by atoms with E-state index in [0.717, 1.165) is 24.1 Å². The number of carbonyl (C=O) groups excluding carboxylic acids is 2. The van der Waals surface area contributed by atoms with Crippen LogP contribution < -0.4 is 20.3 Å². The monoisotopic (exact) mass is 565 g/mol. The molecule has 4 rings (SSSR count). The lowest BCUT2D eigenvalue weighted by atomic mass is 10.0. The predicted molar refractivity (Wildman–Crippen MR) is 155 cm³/mol. The molecule has 9 heteroatoms. The molecule has 202 valence electrons. The van der Waals surface area contributed by atoms with Gasteiger partial charge in [0.2, 0.25) is 0 Å². The van der Waals surface area contributed by atoms with Crippen molar-refractivity contribution in [1.29, 1.82) is 0 Å². The van der Waals surface area contributed by atoms with Crippen LogP contribution in [0.15, 0.2) is 60.7 Å². The summed E-state index contributed by atoms with van der Waals surface area (Å²) in [7, 11) is 1.49. The molecule has 39 heavy (non-hydrogen) atoms. The van der Waals surface area contributed by atoms with Crippen molar-refractivity contribution in [2.75, 3.05) is 43.6 Å². The third-order valence-corrected chi connectivity index (χ3v) is 6.92. The van der Waals surface area contributed by atoms with Gasteiger partial charge in [0.1, 0.15) is 5.75 Å². The minimum Gasteiger partial charge on any atom is -0.496 e. The molecule has 3 aromatic carbocycles. The van der Waals surface area contributed by atoms with E-state index < -0.39 is 0 Å². The van der Waals surface area contributed by atoms with Gasteiger partial charge in [0.25, 0.3) is 11.8 Å². The highest BCUT2D eigenvalue weighted by Crippen LogP contribution is 2.38. The largest absolute Gasteiger partial charge is 0.496 e. The van der Waals surface area contributed by atoms with E-state index in [1.165, 1.54) is 7.11 Å². The van der Waals surface area contributed by atoms with Gasteiger partial charge in [-0.2, -0.15) is 0 Å². The topological polar surface area (TPSA) is 79.9 Å². The molecule has 2 amide bonds. The first-order valence-corrected chi connectivity index (χ1v) is 13.3. The van der Waals surface area contributed by atoms with Crippen molar-refractivity contribution in [3.05, 3.63) is 87.4 Å². The van der Waals surface area contributed by atoms with E-state index in [9.17, 15) is 9.59 Å². The molecule has 2 N–H and O–H groups in total. The Labute approximate surface area is 238 Å². The number of carbonyl (C=O) groups is 2. The average molecular weight is 566 g/mol. The average Bonchev–Trinajstić information content (AvgIpc) is 3.11. The van der Waals surface area contributed by atoms with Crippen LogP contribution >= 0.6 is 23.2 Å². The van der Waals surface area contributed by atoms with Crippen LogP contribution in [-0.2, 0) is 4.74 Å². The fourth-order valence-electron chi connectivity index (χ4n) is 4.49. The number of hydrogen-bond acceptors (Lipinski definition) is 5. The van der Waals surface area contributed by atoms with Gasteiger partial charge in [0, 0.05) is 41.1 Å². The Balaban J connectivity index is 1.56. The maximum absolute atomic E-state index is 13.9. The zero-order valence-corrected chi connectivity index (χ0v) is 23.0. The molecular formula is C30H29Cl2N3O4. The third-order valence-electron chi connectivity index (χ3n) is 6.35. The standard InChI is InChI=1S/C30H29Cl2N3O4/c1-3-14-33-15-17-39-27-9-6-16-35(26-13-10-20(31)18-24(26)27)30(37)23-12-11-21(19-28(23)38-2)34-29(36)22-7-4-5-8-25(22)32/h1,4-5,7-8,10-13,18-19,27,33H,6,9,14-17H2,2H3,(H,34,36). The van der Waals surface area contributed by atoms with Crippen LogP contribution in [0.5, 0.6) is 5.75 Å². The normalized spacial score (nSPS) is 14.6. The smallest absolute Gasteiger partial charge is 0.262 e. The first-order chi connectivity index (χ1) is 18.9. The molecule has 7 nitrogen and oxygen atoms in total. The number of hydrogen-bond donors (Lipinski definition) is 2. The van der Waals surface area contributed by atoms with Crippen LogP contribution in [-0.4, -0.2) is 45.2 Å². The number of nitrogens with zero attached hydrogens (tertiary/aromatic N) is 1. The maximum atomic E-state index is 13.9. The van der Waals surface area contributed by atoms with Crippen molar-refractivity contribution in [2.24, 2.45) is 0 Å². The van der Waals surface area contributed by atoms with Gasteiger partial charge >= 0.3 is 0 Å². The van der Waals surface area contributed by atoms with Crippen molar-refractivity contribution in [3.8, 4) is 18.1 Å². The molecule has 0 saturated carbocycles. The minimum absolute atomic E-state index is 0.214. The number of nitrogens with one attached hydrogen (secondary N) is 2. The van der Waals surface area contributed by atoms with Crippen molar-refractivity contribution in [2.45, 2.75) is 18.9 Å². The van der Waals surface area contributed by atoms with Crippen LogP contribution in [0.4, 0.5) is 11.4 Å².